The molecular weight excluding hydrogens is 270 g/mol. The first-order valence-corrected chi connectivity index (χ1v) is 5.51. The Morgan fingerprint density at radius 1 is 1.19 bits per heavy atom. The van der Waals surface area contributed by atoms with Crippen molar-refractivity contribution in [3.05, 3.63) is 34.3 Å². The number of aromatic nitrogens is 2. The fourth-order valence-electron chi connectivity index (χ4n) is 1.47. The van der Waals surface area contributed by atoms with Crippen LogP contribution in [0.25, 0.3) is 5.69 Å². The maximum atomic E-state index is 5.91. The van der Waals surface area contributed by atoms with E-state index in [1.165, 1.54) is 0 Å². The van der Waals surface area contributed by atoms with Crippen LogP contribution in [0, 0.1) is 0 Å². The summed E-state index contributed by atoms with van der Waals surface area (Å²) in [5.41, 5.74) is 18.7. The molecule has 0 saturated carbocycles. The Hall–Kier alpha value is -1.53. The molecule has 16 heavy (non-hydrogen) atoms. The Morgan fingerprint density at radius 3 is 2.31 bits per heavy atom. The normalized spacial score (nSPS) is 10.6. The average molecular weight is 282 g/mol. The van der Waals surface area contributed by atoms with E-state index in [9.17, 15) is 0 Å². The third-order valence-corrected chi connectivity index (χ3v) is 2.86. The van der Waals surface area contributed by atoms with E-state index in [1.54, 1.807) is 4.68 Å². The lowest BCUT2D eigenvalue weighted by molar-refractivity contribution is 0.895. The van der Waals surface area contributed by atoms with Crippen molar-refractivity contribution in [1.82, 2.24) is 9.78 Å². The fraction of sp³-hybridized carbons (Fsp3) is 0.100. The number of nitrogen functional groups attached to an aromatic ring is 2. The van der Waals surface area contributed by atoms with Crippen molar-refractivity contribution in [1.29, 1.82) is 0 Å². The molecule has 6 heteroatoms. The van der Waals surface area contributed by atoms with Gasteiger partial charge >= 0.3 is 0 Å². The van der Waals surface area contributed by atoms with Crippen LogP contribution in [0.5, 0.6) is 0 Å². The van der Waals surface area contributed by atoms with Gasteiger partial charge in [-0.2, -0.15) is 0 Å². The van der Waals surface area contributed by atoms with Crippen LogP contribution in [0.3, 0.4) is 0 Å². The highest BCUT2D eigenvalue weighted by molar-refractivity contribution is 9.10. The third-order valence-electron chi connectivity index (χ3n) is 2.33. The van der Waals surface area contributed by atoms with E-state index in [4.69, 9.17) is 17.2 Å². The molecule has 1 aromatic heterocycles. The van der Waals surface area contributed by atoms with Gasteiger partial charge in [-0.15, -0.1) is 5.10 Å². The molecule has 0 aliphatic carbocycles. The minimum Gasteiger partial charge on any atom is -0.383 e. The number of anilines is 2. The summed E-state index contributed by atoms with van der Waals surface area (Å²) in [4.78, 5) is 0. The molecule has 84 valence electrons. The molecule has 0 aliphatic rings. The lowest BCUT2D eigenvalue weighted by atomic mass is 10.3. The molecule has 0 bridgehead atoms. The summed E-state index contributed by atoms with van der Waals surface area (Å²) >= 11 is 3.36. The number of hydrogen-bond donors (Lipinski definition) is 3. The van der Waals surface area contributed by atoms with E-state index in [2.05, 4.69) is 21.0 Å². The molecule has 1 aromatic carbocycles. The lowest BCUT2D eigenvalue weighted by Gasteiger charge is -2.04. The molecule has 1 heterocycles. The highest BCUT2D eigenvalue weighted by Crippen LogP contribution is 2.23. The van der Waals surface area contributed by atoms with Crippen molar-refractivity contribution in [3.63, 3.8) is 0 Å². The average Bonchev–Trinajstić information content (AvgIpc) is 2.55. The maximum absolute atomic E-state index is 5.91. The van der Waals surface area contributed by atoms with Crippen LogP contribution in [0.15, 0.2) is 28.7 Å². The van der Waals surface area contributed by atoms with Gasteiger partial charge in [-0.05, 0) is 24.3 Å². The first-order valence-electron chi connectivity index (χ1n) is 4.72. The van der Waals surface area contributed by atoms with Crippen molar-refractivity contribution in [2.75, 3.05) is 11.5 Å². The second kappa shape index (κ2) is 4.15. The van der Waals surface area contributed by atoms with E-state index >= 15 is 0 Å². The van der Waals surface area contributed by atoms with Crippen LogP contribution in [-0.2, 0) is 6.54 Å². The van der Waals surface area contributed by atoms with Crippen LogP contribution in [0.2, 0.25) is 0 Å². The quantitative estimate of drug-likeness (QED) is 0.772. The Kier molecular flexibility index (Phi) is 2.84. The summed E-state index contributed by atoms with van der Waals surface area (Å²) in [7, 11) is 0. The van der Waals surface area contributed by atoms with Gasteiger partial charge in [-0.3, -0.25) is 0 Å². The summed E-state index contributed by atoms with van der Waals surface area (Å²) in [6.07, 6.45) is 0. The molecule has 0 atom stereocenters. The van der Waals surface area contributed by atoms with Gasteiger partial charge in [0.2, 0.25) is 0 Å². The van der Waals surface area contributed by atoms with E-state index in [0.717, 1.165) is 10.2 Å². The molecule has 0 radical (unpaired) electrons. The van der Waals surface area contributed by atoms with Gasteiger partial charge in [-0.1, -0.05) is 15.9 Å². The minimum absolute atomic E-state index is 0.286. The first kappa shape index (κ1) is 11.0. The molecule has 2 rings (SSSR count). The standard InChI is InChI=1S/C10H12BrN5/c11-6-1-3-7(4-2-6)16-10(14)8(5-12)9(13)15-16/h1-4H,5,12,14H2,(H2,13,15). The largest absolute Gasteiger partial charge is 0.383 e. The molecular formula is C10H12BrN5. The van der Waals surface area contributed by atoms with Crippen LogP contribution in [0.1, 0.15) is 5.56 Å². The highest BCUT2D eigenvalue weighted by atomic mass is 79.9. The van der Waals surface area contributed by atoms with Crippen molar-refractivity contribution < 1.29 is 0 Å². The monoisotopic (exact) mass is 281 g/mol. The lowest BCUT2D eigenvalue weighted by Crippen LogP contribution is -2.05. The van der Waals surface area contributed by atoms with Crippen LogP contribution in [-0.4, -0.2) is 9.78 Å². The number of nitrogens with zero attached hydrogens (tertiary/aromatic N) is 2. The van der Waals surface area contributed by atoms with Gasteiger partial charge < -0.3 is 17.2 Å². The minimum atomic E-state index is 0.286. The second-order valence-electron chi connectivity index (χ2n) is 3.34. The molecule has 5 nitrogen and oxygen atoms in total. The predicted octanol–water partition coefficient (Wildman–Crippen LogP) is 1.26. The molecule has 0 aliphatic heterocycles. The van der Waals surface area contributed by atoms with E-state index in [0.29, 0.717) is 17.2 Å². The molecule has 0 fully saturated rings. The smallest absolute Gasteiger partial charge is 0.152 e. The highest BCUT2D eigenvalue weighted by Gasteiger charge is 2.12. The summed E-state index contributed by atoms with van der Waals surface area (Å²) in [5.74, 6) is 0.866. The zero-order chi connectivity index (χ0) is 11.7. The number of benzene rings is 1. The SMILES string of the molecule is NCc1c(N)nn(-c2ccc(Br)cc2)c1N. The van der Waals surface area contributed by atoms with Crippen LogP contribution >= 0.6 is 15.9 Å². The molecule has 0 unspecified atom stereocenters. The predicted molar refractivity (Wildman–Crippen MR) is 68.0 cm³/mol. The Morgan fingerprint density at radius 2 is 1.81 bits per heavy atom. The van der Waals surface area contributed by atoms with Crippen molar-refractivity contribution in [2.45, 2.75) is 6.54 Å². The van der Waals surface area contributed by atoms with Gasteiger partial charge in [0.1, 0.15) is 5.82 Å². The number of halogens is 1. The summed E-state index contributed by atoms with van der Waals surface area (Å²) in [6, 6.07) is 7.61. The number of nitrogens with two attached hydrogens (primary N) is 3. The van der Waals surface area contributed by atoms with Gasteiger partial charge in [0.25, 0.3) is 0 Å². The summed E-state index contributed by atoms with van der Waals surface area (Å²) in [5, 5.41) is 4.16. The fourth-order valence-corrected chi connectivity index (χ4v) is 1.73. The van der Waals surface area contributed by atoms with Crippen molar-refractivity contribution in [2.24, 2.45) is 5.73 Å². The molecule has 0 amide bonds. The van der Waals surface area contributed by atoms with Crippen molar-refractivity contribution >= 4 is 27.6 Å². The maximum Gasteiger partial charge on any atom is 0.152 e. The molecule has 6 N–H and O–H groups in total. The van der Waals surface area contributed by atoms with E-state index in [1.807, 2.05) is 24.3 Å². The van der Waals surface area contributed by atoms with Gasteiger partial charge in [0.05, 0.1) is 11.3 Å². The Balaban J connectivity index is 2.52. The molecule has 0 spiro atoms. The Bertz CT molecular complexity index is 503. The van der Waals surface area contributed by atoms with Gasteiger partial charge in [0.15, 0.2) is 5.82 Å². The summed E-state index contributed by atoms with van der Waals surface area (Å²) < 4.78 is 2.58. The van der Waals surface area contributed by atoms with Crippen molar-refractivity contribution in [3.8, 4) is 5.69 Å². The van der Waals surface area contributed by atoms with Gasteiger partial charge in [-0.25, -0.2) is 4.68 Å². The first-order chi connectivity index (χ1) is 7.63. The number of hydrogen-bond acceptors (Lipinski definition) is 4. The van der Waals surface area contributed by atoms with E-state index in [-0.39, 0.29) is 6.54 Å². The van der Waals surface area contributed by atoms with Gasteiger partial charge in [0, 0.05) is 11.0 Å². The molecule has 2 aromatic rings. The summed E-state index contributed by atoms with van der Waals surface area (Å²) in [6.45, 7) is 0.286. The zero-order valence-electron chi connectivity index (χ0n) is 8.52. The Labute approximate surface area is 101 Å². The third kappa shape index (κ3) is 1.77. The zero-order valence-corrected chi connectivity index (χ0v) is 10.1. The van der Waals surface area contributed by atoms with E-state index < -0.39 is 0 Å². The topological polar surface area (TPSA) is 95.9 Å². The van der Waals surface area contributed by atoms with Crippen LogP contribution < -0.4 is 17.2 Å². The second-order valence-corrected chi connectivity index (χ2v) is 4.26. The molecule has 0 saturated heterocycles. The van der Waals surface area contributed by atoms with Crippen LogP contribution in [0.4, 0.5) is 11.6 Å². The number of rotatable bonds is 2.